The van der Waals surface area contributed by atoms with Gasteiger partial charge in [-0.15, -0.1) is 21.5 Å². The van der Waals surface area contributed by atoms with E-state index in [1.807, 2.05) is 83.4 Å². The number of nitrogens with zero attached hydrogens (tertiary/aromatic N) is 4. The fourth-order valence-corrected chi connectivity index (χ4v) is 7.36. The summed E-state index contributed by atoms with van der Waals surface area (Å²) in [5.41, 5.74) is 5.44. The van der Waals surface area contributed by atoms with E-state index in [4.69, 9.17) is 0 Å². The summed E-state index contributed by atoms with van der Waals surface area (Å²) in [6.45, 7) is 6.57. The van der Waals surface area contributed by atoms with Gasteiger partial charge in [0.25, 0.3) is 0 Å². The fourth-order valence-electron chi connectivity index (χ4n) is 4.70. The molecule has 232 valence electrons. The smallest absolute Gasteiger partial charge is 0.234 e. The Hall–Kier alpha value is -4.45. The molecule has 0 saturated carbocycles. The van der Waals surface area contributed by atoms with Crippen LogP contribution in [0.15, 0.2) is 113 Å². The number of thiazole rings is 1. The topological polar surface area (TPSA) is 102 Å². The summed E-state index contributed by atoms with van der Waals surface area (Å²) in [6.07, 6.45) is 0. The van der Waals surface area contributed by atoms with Gasteiger partial charge in [0.2, 0.25) is 11.8 Å². The highest BCUT2D eigenvalue weighted by Crippen LogP contribution is 2.33. The lowest BCUT2D eigenvalue weighted by Gasteiger charge is -2.19. The van der Waals surface area contributed by atoms with E-state index in [1.54, 1.807) is 0 Å². The molecule has 46 heavy (non-hydrogen) atoms. The van der Waals surface area contributed by atoms with Gasteiger partial charge in [-0.05, 0) is 53.4 Å². The van der Waals surface area contributed by atoms with E-state index in [0.29, 0.717) is 10.8 Å². The van der Waals surface area contributed by atoms with Gasteiger partial charge in [0.1, 0.15) is 0 Å². The number of carbonyl (C=O) groups is 2. The monoisotopic (exact) mass is 664 g/mol. The van der Waals surface area contributed by atoms with Crippen molar-refractivity contribution in [2.75, 3.05) is 22.1 Å². The molecule has 2 heterocycles. The van der Waals surface area contributed by atoms with Crippen LogP contribution in [-0.4, -0.2) is 43.1 Å². The minimum absolute atomic E-state index is 0.0482. The molecule has 2 amide bonds. The summed E-state index contributed by atoms with van der Waals surface area (Å²) in [7, 11) is 0. The van der Waals surface area contributed by atoms with Crippen molar-refractivity contribution in [1.29, 1.82) is 0 Å². The number of thioether (sulfide) groups is 2. The standard InChI is InChI=1S/C35H32N6O2S3/c1-35(2,3)24-16-14-23(15-17-24)32-39-40-33(41(32)27-12-8-5-9-13-27)44-21-30(42)37-26-18-19-28-29(20-26)46-34(38-28)45-22-31(43)36-25-10-6-4-7-11-25/h4-20H,21-22H2,1-3H3,(H,36,43)(H,37,42). The summed E-state index contributed by atoms with van der Waals surface area (Å²) < 4.78 is 3.72. The lowest BCUT2D eigenvalue weighted by molar-refractivity contribution is -0.114. The van der Waals surface area contributed by atoms with E-state index in [0.717, 1.165) is 37.3 Å². The van der Waals surface area contributed by atoms with E-state index in [9.17, 15) is 9.59 Å². The third-order valence-corrected chi connectivity index (χ3v) is 10.1. The van der Waals surface area contributed by atoms with Crippen LogP contribution in [0.4, 0.5) is 11.4 Å². The quantitative estimate of drug-likeness (QED) is 0.142. The second-order valence-corrected chi connectivity index (χ2v) is 14.7. The van der Waals surface area contributed by atoms with Crippen molar-refractivity contribution in [2.45, 2.75) is 35.7 Å². The maximum absolute atomic E-state index is 13.1. The maximum atomic E-state index is 13.1. The number of para-hydroxylation sites is 2. The molecule has 6 rings (SSSR count). The number of hydrogen-bond acceptors (Lipinski definition) is 8. The number of hydrogen-bond donors (Lipinski definition) is 2. The van der Waals surface area contributed by atoms with E-state index in [2.05, 4.69) is 70.9 Å². The molecule has 0 unspecified atom stereocenters. The van der Waals surface area contributed by atoms with Gasteiger partial charge >= 0.3 is 0 Å². The number of carbonyl (C=O) groups excluding carboxylic acids is 2. The van der Waals surface area contributed by atoms with Crippen molar-refractivity contribution in [3.8, 4) is 17.1 Å². The number of benzene rings is 4. The highest BCUT2D eigenvalue weighted by Gasteiger charge is 2.19. The molecular formula is C35H32N6O2S3. The summed E-state index contributed by atoms with van der Waals surface area (Å²) in [5.74, 6) is 0.894. The first-order valence-electron chi connectivity index (χ1n) is 14.7. The SMILES string of the molecule is CC(C)(C)c1ccc(-c2nnc(SCC(=O)Nc3ccc4nc(SCC(=O)Nc5ccccc5)sc4c3)n2-c2ccccc2)cc1. The summed E-state index contributed by atoms with van der Waals surface area (Å²) in [5, 5.41) is 15.5. The Morgan fingerprint density at radius 1 is 0.761 bits per heavy atom. The van der Waals surface area contributed by atoms with Gasteiger partial charge in [-0.3, -0.25) is 14.2 Å². The molecule has 4 aromatic carbocycles. The first kappa shape index (κ1) is 31.5. The average molecular weight is 665 g/mol. The molecule has 0 aliphatic heterocycles. The van der Waals surface area contributed by atoms with Crippen molar-refractivity contribution in [3.63, 3.8) is 0 Å². The predicted octanol–water partition coefficient (Wildman–Crippen LogP) is 8.30. The molecular weight excluding hydrogens is 633 g/mol. The van der Waals surface area contributed by atoms with Crippen molar-refractivity contribution >= 4 is 68.3 Å². The number of aromatic nitrogens is 4. The highest BCUT2D eigenvalue weighted by atomic mass is 32.2. The largest absolute Gasteiger partial charge is 0.325 e. The molecule has 0 atom stereocenters. The van der Waals surface area contributed by atoms with Gasteiger partial charge in [0.15, 0.2) is 15.3 Å². The minimum Gasteiger partial charge on any atom is -0.325 e. The van der Waals surface area contributed by atoms with E-state index in [1.165, 1.54) is 40.4 Å². The molecule has 0 aliphatic carbocycles. The summed E-state index contributed by atoms with van der Waals surface area (Å²) in [6, 6.07) is 33.3. The fraction of sp³-hybridized carbons (Fsp3) is 0.171. The van der Waals surface area contributed by atoms with Crippen LogP contribution in [0.5, 0.6) is 0 Å². The number of fused-ring (bicyclic) bond motifs is 1. The van der Waals surface area contributed by atoms with Crippen LogP contribution in [0.25, 0.3) is 27.3 Å². The molecule has 0 fully saturated rings. The molecule has 11 heteroatoms. The Morgan fingerprint density at radius 2 is 1.41 bits per heavy atom. The summed E-state index contributed by atoms with van der Waals surface area (Å²) >= 11 is 4.22. The van der Waals surface area contributed by atoms with Crippen molar-refractivity contribution in [1.82, 2.24) is 19.7 Å². The van der Waals surface area contributed by atoms with Crippen molar-refractivity contribution in [2.24, 2.45) is 0 Å². The Labute approximate surface area is 280 Å². The van der Waals surface area contributed by atoms with Gasteiger partial charge in [0.05, 0.1) is 21.7 Å². The van der Waals surface area contributed by atoms with Crippen LogP contribution in [0.3, 0.4) is 0 Å². The lowest BCUT2D eigenvalue weighted by Crippen LogP contribution is -2.14. The Morgan fingerprint density at radius 3 is 2.11 bits per heavy atom. The molecule has 8 nitrogen and oxygen atoms in total. The molecule has 6 aromatic rings. The molecule has 0 aliphatic rings. The van der Waals surface area contributed by atoms with Crippen molar-refractivity contribution < 1.29 is 9.59 Å². The second kappa shape index (κ2) is 13.9. The van der Waals surface area contributed by atoms with Crippen LogP contribution in [0.2, 0.25) is 0 Å². The highest BCUT2D eigenvalue weighted by molar-refractivity contribution is 8.01. The van der Waals surface area contributed by atoms with Crippen LogP contribution < -0.4 is 10.6 Å². The zero-order valence-electron chi connectivity index (χ0n) is 25.6. The Kier molecular flexibility index (Phi) is 9.53. The van der Waals surface area contributed by atoms with Gasteiger partial charge in [-0.25, -0.2) is 4.98 Å². The van der Waals surface area contributed by atoms with Crippen molar-refractivity contribution in [3.05, 3.63) is 109 Å². The predicted molar refractivity (Wildman–Crippen MR) is 190 cm³/mol. The Bertz CT molecular complexity index is 1970. The third kappa shape index (κ3) is 7.67. The van der Waals surface area contributed by atoms with Crippen LogP contribution in [0.1, 0.15) is 26.3 Å². The number of amides is 2. The minimum atomic E-state index is -0.153. The first-order valence-corrected chi connectivity index (χ1v) is 17.4. The molecule has 0 saturated heterocycles. The molecule has 2 N–H and O–H groups in total. The number of rotatable bonds is 10. The van der Waals surface area contributed by atoms with E-state index in [-0.39, 0.29) is 28.7 Å². The van der Waals surface area contributed by atoms with Crippen LogP contribution in [-0.2, 0) is 15.0 Å². The Balaban J connectivity index is 1.11. The molecule has 0 radical (unpaired) electrons. The molecule has 0 bridgehead atoms. The van der Waals surface area contributed by atoms with Gasteiger partial charge in [-0.1, -0.05) is 105 Å². The van der Waals surface area contributed by atoms with Crippen LogP contribution >= 0.6 is 34.9 Å². The van der Waals surface area contributed by atoms with E-state index >= 15 is 0 Å². The molecule has 0 spiro atoms. The van der Waals surface area contributed by atoms with E-state index < -0.39 is 0 Å². The van der Waals surface area contributed by atoms with Gasteiger partial charge < -0.3 is 10.6 Å². The maximum Gasteiger partial charge on any atom is 0.234 e. The summed E-state index contributed by atoms with van der Waals surface area (Å²) in [4.78, 5) is 30.0. The van der Waals surface area contributed by atoms with Crippen LogP contribution in [0, 0.1) is 0 Å². The number of nitrogens with one attached hydrogen (secondary N) is 2. The van der Waals surface area contributed by atoms with Gasteiger partial charge in [0, 0.05) is 22.6 Å². The normalized spacial score (nSPS) is 11.5. The zero-order chi connectivity index (χ0) is 32.1. The third-order valence-electron chi connectivity index (χ3n) is 7.03. The first-order chi connectivity index (χ1) is 22.2. The lowest BCUT2D eigenvalue weighted by atomic mass is 9.87. The number of anilines is 2. The second-order valence-electron chi connectivity index (χ2n) is 11.5. The average Bonchev–Trinajstić information content (AvgIpc) is 3.67. The zero-order valence-corrected chi connectivity index (χ0v) is 28.0. The van der Waals surface area contributed by atoms with Gasteiger partial charge in [-0.2, -0.15) is 0 Å². The molecule has 2 aromatic heterocycles.